The van der Waals surface area contributed by atoms with E-state index in [1.54, 1.807) is 0 Å². The topological polar surface area (TPSA) is 15.8 Å². The molecule has 4 rings (SSSR count). The van der Waals surface area contributed by atoms with Gasteiger partial charge in [-0.15, -0.1) is 0 Å². The fourth-order valence-corrected chi connectivity index (χ4v) is 2.93. The summed E-state index contributed by atoms with van der Waals surface area (Å²) in [7, 11) is 0. The number of rotatable bonds is 1. The summed E-state index contributed by atoms with van der Waals surface area (Å²) in [6.07, 6.45) is 0. The van der Waals surface area contributed by atoms with Crippen LogP contribution in [0.15, 0.2) is 72.8 Å². The first-order valence-electron chi connectivity index (χ1n) is 8.46. The van der Waals surface area contributed by atoms with Gasteiger partial charge in [0.25, 0.3) is 0 Å². The second-order valence-corrected chi connectivity index (χ2v) is 6.43. The monoisotopic (exact) mass is 321 g/mol. The number of benzene rings is 3. The minimum Gasteiger partial charge on any atom is -0.354 e. The lowest BCUT2D eigenvalue weighted by molar-refractivity contribution is 1.42. The molecule has 0 radical (unpaired) electrons. The van der Waals surface area contributed by atoms with Crippen LogP contribution in [0.25, 0.3) is 22.2 Å². The summed E-state index contributed by atoms with van der Waals surface area (Å²) in [5, 5.41) is 1.16. The van der Waals surface area contributed by atoms with E-state index in [9.17, 15) is 0 Å². The first-order valence-corrected chi connectivity index (χ1v) is 8.46. The van der Waals surface area contributed by atoms with Gasteiger partial charge in [0.2, 0.25) is 0 Å². The Kier molecular flexibility index (Phi) is 3.88. The molecule has 1 N–H and O–H groups in total. The lowest BCUT2D eigenvalue weighted by atomic mass is 10.1. The largest absolute Gasteiger partial charge is 0.354 e. The van der Waals surface area contributed by atoms with Crippen LogP contribution in [0.3, 0.4) is 0 Å². The van der Waals surface area contributed by atoms with Crippen LogP contribution < -0.4 is 0 Å². The molecule has 0 aliphatic carbocycles. The van der Waals surface area contributed by atoms with Crippen molar-refractivity contribution in [1.29, 1.82) is 0 Å². The third-order valence-electron chi connectivity index (χ3n) is 4.42. The number of aromatic nitrogens is 1. The Morgan fingerprint density at radius 3 is 2.12 bits per heavy atom. The zero-order chi connectivity index (χ0) is 17.2. The fraction of sp³-hybridized carbons (Fsp3) is 0.0833. The highest BCUT2D eigenvalue weighted by Gasteiger charge is 2.05. The van der Waals surface area contributed by atoms with E-state index in [0.717, 1.165) is 27.7 Å². The summed E-state index contributed by atoms with van der Waals surface area (Å²) in [4.78, 5) is 3.51. The maximum absolute atomic E-state index is 3.51. The molecule has 0 saturated carbocycles. The van der Waals surface area contributed by atoms with Gasteiger partial charge in [-0.1, -0.05) is 65.4 Å². The predicted molar refractivity (Wildman–Crippen MR) is 106 cm³/mol. The summed E-state index contributed by atoms with van der Waals surface area (Å²) in [6, 6.07) is 25.3. The Balaban J connectivity index is 1.75. The van der Waals surface area contributed by atoms with Crippen molar-refractivity contribution in [3.05, 3.63) is 95.1 Å². The van der Waals surface area contributed by atoms with Gasteiger partial charge in [0.15, 0.2) is 0 Å². The number of fused-ring (bicyclic) bond motifs is 1. The minimum atomic E-state index is 1.04. The van der Waals surface area contributed by atoms with E-state index >= 15 is 0 Å². The number of hydrogen-bond acceptors (Lipinski definition) is 0. The maximum atomic E-state index is 3.51. The molecular weight excluding hydrogens is 302 g/mol. The van der Waals surface area contributed by atoms with Crippen molar-refractivity contribution in [1.82, 2.24) is 4.98 Å². The van der Waals surface area contributed by atoms with Gasteiger partial charge < -0.3 is 4.98 Å². The highest BCUT2D eigenvalue weighted by atomic mass is 14.7. The predicted octanol–water partition coefficient (Wildman–Crippen LogP) is 5.85. The SMILES string of the molecule is Cc1ccc(C#Cc2cccc3[nH]c(-c4ccc(C)cc4)cc23)cc1. The average molecular weight is 321 g/mol. The molecule has 1 heteroatoms. The number of nitrogens with one attached hydrogen (secondary N) is 1. The van der Waals surface area contributed by atoms with Gasteiger partial charge in [0.1, 0.15) is 0 Å². The third kappa shape index (κ3) is 3.20. The van der Waals surface area contributed by atoms with Crippen LogP contribution in [0.5, 0.6) is 0 Å². The smallest absolute Gasteiger partial charge is 0.0471 e. The molecule has 120 valence electrons. The van der Waals surface area contributed by atoms with E-state index in [1.807, 2.05) is 0 Å². The molecule has 0 amide bonds. The Labute approximate surface area is 148 Å². The van der Waals surface area contributed by atoms with Crippen LogP contribution >= 0.6 is 0 Å². The zero-order valence-electron chi connectivity index (χ0n) is 14.4. The number of aromatic amines is 1. The number of aryl methyl sites for hydroxylation is 2. The van der Waals surface area contributed by atoms with Crippen molar-refractivity contribution < 1.29 is 0 Å². The zero-order valence-corrected chi connectivity index (χ0v) is 14.4. The fourth-order valence-electron chi connectivity index (χ4n) is 2.93. The highest BCUT2D eigenvalue weighted by molar-refractivity contribution is 5.90. The molecular formula is C24H19N. The van der Waals surface area contributed by atoms with Crippen LogP contribution in [0, 0.1) is 25.7 Å². The van der Waals surface area contributed by atoms with Crippen LogP contribution in [-0.4, -0.2) is 4.98 Å². The molecule has 4 aromatic rings. The lowest BCUT2D eigenvalue weighted by Gasteiger charge is -1.97. The van der Waals surface area contributed by atoms with Gasteiger partial charge in [-0.25, -0.2) is 0 Å². The molecule has 1 nitrogen and oxygen atoms in total. The first kappa shape index (κ1) is 15.3. The molecule has 1 aromatic heterocycles. The summed E-state index contributed by atoms with van der Waals surface area (Å²) < 4.78 is 0. The summed E-state index contributed by atoms with van der Waals surface area (Å²) in [6.45, 7) is 4.19. The second kappa shape index (κ2) is 6.34. The van der Waals surface area contributed by atoms with Gasteiger partial charge in [-0.05, 0) is 49.7 Å². The number of hydrogen-bond donors (Lipinski definition) is 1. The maximum Gasteiger partial charge on any atom is 0.0471 e. The highest BCUT2D eigenvalue weighted by Crippen LogP contribution is 2.26. The molecule has 0 atom stereocenters. The van der Waals surface area contributed by atoms with Gasteiger partial charge in [-0.3, -0.25) is 0 Å². The summed E-state index contributed by atoms with van der Waals surface area (Å²) in [5.74, 6) is 6.60. The summed E-state index contributed by atoms with van der Waals surface area (Å²) in [5.41, 5.74) is 8.04. The average Bonchev–Trinajstić information content (AvgIpc) is 3.06. The number of H-pyrrole nitrogens is 1. The van der Waals surface area contributed by atoms with Crippen molar-refractivity contribution in [3.8, 4) is 23.1 Å². The van der Waals surface area contributed by atoms with Crippen molar-refractivity contribution in [2.24, 2.45) is 0 Å². The van der Waals surface area contributed by atoms with E-state index in [2.05, 4.69) is 103 Å². The quantitative estimate of drug-likeness (QED) is 0.423. The molecule has 0 bridgehead atoms. The van der Waals surface area contributed by atoms with E-state index in [0.29, 0.717) is 0 Å². The molecule has 0 saturated heterocycles. The molecule has 0 aliphatic rings. The standard InChI is InChI=1S/C24H19N/c1-17-6-10-19(11-7-17)12-15-20-4-3-5-23-22(20)16-24(25-23)21-13-8-18(2)9-14-21/h3-11,13-14,16,25H,1-2H3. The van der Waals surface area contributed by atoms with Crippen molar-refractivity contribution >= 4 is 10.9 Å². The molecule has 0 unspecified atom stereocenters. The molecule has 0 spiro atoms. The van der Waals surface area contributed by atoms with E-state index in [4.69, 9.17) is 0 Å². The van der Waals surface area contributed by atoms with Gasteiger partial charge in [-0.2, -0.15) is 0 Å². The minimum absolute atomic E-state index is 1.04. The van der Waals surface area contributed by atoms with Crippen molar-refractivity contribution in [3.63, 3.8) is 0 Å². The van der Waals surface area contributed by atoms with Crippen LogP contribution in [0.4, 0.5) is 0 Å². The molecule has 3 aromatic carbocycles. The van der Waals surface area contributed by atoms with Gasteiger partial charge >= 0.3 is 0 Å². The van der Waals surface area contributed by atoms with Crippen LogP contribution in [0.1, 0.15) is 22.3 Å². The van der Waals surface area contributed by atoms with Crippen molar-refractivity contribution in [2.75, 3.05) is 0 Å². The molecule has 0 fully saturated rings. The van der Waals surface area contributed by atoms with Crippen molar-refractivity contribution in [2.45, 2.75) is 13.8 Å². The third-order valence-corrected chi connectivity index (χ3v) is 4.42. The van der Waals surface area contributed by atoms with Crippen LogP contribution in [-0.2, 0) is 0 Å². The Morgan fingerprint density at radius 1 is 0.720 bits per heavy atom. The molecule has 25 heavy (non-hydrogen) atoms. The Morgan fingerprint density at radius 2 is 1.40 bits per heavy atom. The van der Waals surface area contributed by atoms with Gasteiger partial charge in [0.05, 0.1) is 0 Å². The van der Waals surface area contributed by atoms with E-state index in [-0.39, 0.29) is 0 Å². The van der Waals surface area contributed by atoms with E-state index in [1.165, 1.54) is 16.7 Å². The Hall–Kier alpha value is -3.24. The Bertz CT molecular complexity index is 1090. The first-order chi connectivity index (χ1) is 12.2. The lowest BCUT2D eigenvalue weighted by Crippen LogP contribution is -1.78. The van der Waals surface area contributed by atoms with Crippen LogP contribution in [0.2, 0.25) is 0 Å². The summed E-state index contributed by atoms with van der Waals surface area (Å²) >= 11 is 0. The molecule has 0 aliphatic heterocycles. The normalized spacial score (nSPS) is 10.5. The van der Waals surface area contributed by atoms with E-state index < -0.39 is 0 Å². The van der Waals surface area contributed by atoms with Gasteiger partial charge in [0, 0.05) is 27.7 Å². The molecule has 1 heterocycles. The second-order valence-electron chi connectivity index (χ2n) is 6.43.